The maximum Gasteiger partial charge on any atom is 0.414 e. The van der Waals surface area contributed by atoms with Gasteiger partial charge in [0.05, 0.1) is 21.3 Å². The van der Waals surface area contributed by atoms with E-state index in [1.807, 2.05) is 0 Å². The van der Waals surface area contributed by atoms with E-state index >= 15 is 0 Å². The third-order valence-corrected chi connectivity index (χ3v) is 5.39. The molecule has 9 heteroatoms. The zero-order valence-electron chi connectivity index (χ0n) is 14.4. The molecule has 1 aromatic rings. The lowest BCUT2D eigenvalue weighted by Gasteiger charge is -2.37. The number of benzene rings is 1. The van der Waals surface area contributed by atoms with E-state index in [4.69, 9.17) is 0 Å². The van der Waals surface area contributed by atoms with Crippen molar-refractivity contribution in [3.05, 3.63) is 35.1 Å². The van der Waals surface area contributed by atoms with Crippen LogP contribution >= 0.6 is 0 Å². The van der Waals surface area contributed by atoms with Crippen LogP contribution < -0.4 is 4.72 Å². The van der Waals surface area contributed by atoms with Gasteiger partial charge in [0.2, 0.25) is 0 Å². The number of aliphatic hydroxyl groups excluding tert-OH is 1. The highest BCUT2D eigenvalue weighted by atomic mass is 32.2. The van der Waals surface area contributed by atoms with Crippen LogP contribution in [0.15, 0.2) is 18.2 Å². The minimum atomic E-state index is -5.02. The zero-order valence-corrected chi connectivity index (χ0v) is 15.2. The van der Waals surface area contributed by atoms with Crippen molar-refractivity contribution < 1.29 is 31.3 Å². The summed E-state index contributed by atoms with van der Waals surface area (Å²) >= 11 is 0. The zero-order chi connectivity index (χ0) is 19.6. The number of alkyl halides is 4. The number of aryl methyl sites for hydroxylation is 1. The van der Waals surface area contributed by atoms with Crippen molar-refractivity contribution in [2.24, 2.45) is 0 Å². The van der Waals surface area contributed by atoms with Crippen molar-refractivity contribution in [3.8, 4) is 0 Å². The molecule has 0 aliphatic carbocycles. The van der Waals surface area contributed by atoms with Gasteiger partial charge >= 0.3 is 6.18 Å². The van der Waals surface area contributed by atoms with Gasteiger partial charge in [0, 0.05) is 12.0 Å². The van der Waals surface area contributed by atoms with Crippen molar-refractivity contribution >= 4 is 11.0 Å². The molecule has 0 heterocycles. The van der Waals surface area contributed by atoms with Crippen LogP contribution in [0.4, 0.5) is 22.0 Å². The Morgan fingerprint density at radius 1 is 1.24 bits per heavy atom. The second-order valence-corrected chi connectivity index (χ2v) is 8.86. The lowest BCUT2D eigenvalue weighted by atomic mass is 9.85. The summed E-state index contributed by atoms with van der Waals surface area (Å²) in [5.74, 6) is -0.909. The van der Waals surface area contributed by atoms with Crippen molar-refractivity contribution in [2.75, 3.05) is 6.67 Å². The molecule has 1 rings (SSSR count). The maximum atomic E-state index is 14.5. The maximum absolute atomic E-state index is 14.5. The normalized spacial score (nSPS) is 17.8. The molecule has 0 aromatic heterocycles. The summed E-state index contributed by atoms with van der Waals surface area (Å²) < 4.78 is 80.7. The van der Waals surface area contributed by atoms with Crippen molar-refractivity contribution in [1.29, 1.82) is 0 Å². The second kappa shape index (κ2) is 7.67. The number of aliphatic hydroxyl groups is 1. The summed E-state index contributed by atoms with van der Waals surface area (Å²) in [6, 6.07) is 3.86. The van der Waals surface area contributed by atoms with Crippen LogP contribution in [-0.2, 0) is 16.5 Å². The summed E-state index contributed by atoms with van der Waals surface area (Å²) in [4.78, 5) is 0. The number of hydrogen-bond acceptors (Lipinski definition) is 2. The SMILES string of the molecule is Cc1cccc([C@](CF)(C[C@H](O)C(F)(F)F)N[S@](=O)C(C)(C)C)c1F. The minimum absolute atomic E-state index is 0.0974. The van der Waals surface area contributed by atoms with E-state index in [0.29, 0.717) is 0 Å². The van der Waals surface area contributed by atoms with Crippen molar-refractivity contribution in [2.45, 2.75) is 56.7 Å². The first-order chi connectivity index (χ1) is 11.2. The number of nitrogens with one attached hydrogen (secondary N) is 1. The molecule has 25 heavy (non-hydrogen) atoms. The monoisotopic (exact) mass is 387 g/mol. The molecular weight excluding hydrogens is 365 g/mol. The third kappa shape index (κ3) is 5.21. The molecule has 3 atom stereocenters. The fraction of sp³-hybridized carbons (Fsp3) is 0.625. The fourth-order valence-electron chi connectivity index (χ4n) is 2.15. The molecule has 0 aliphatic rings. The topological polar surface area (TPSA) is 49.3 Å². The van der Waals surface area contributed by atoms with E-state index in [-0.39, 0.29) is 5.56 Å². The lowest BCUT2D eigenvalue weighted by Crippen LogP contribution is -2.53. The number of halogens is 5. The van der Waals surface area contributed by atoms with Gasteiger partial charge in [-0.05, 0) is 33.3 Å². The summed E-state index contributed by atoms with van der Waals surface area (Å²) in [6.07, 6.45) is -9.14. The molecule has 0 fully saturated rings. The van der Waals surface area contributed by atoms with Gasteiger partial charge in [0.1, 0.15) is 12.5 Å². The van der Waals surface area contributed by atoms with Gasteiger partial charge in [-0.15, -0.1) is 0 Å². The average Bonchev–Trinajstić information content (AvgIpc) is 2.47. The molecule has 3 nitrogen and oxygen atoms in total. The van der Waals surface area contributed by atoms with Crippen LogP contribution in [0, 0.1) is 12.7 Å². The minimum Gasteiger partial charge on any atom is -0.384 e. The fourth-order valence-corrected chi connectivity index (χ4v) is 3.06. The molecule has 0 amide bonds. The summed E-state index contributed by atoms with van der Waals surface area (Å²) in [6.45, 7) is 4.49. The second-order valence-electron chi connectivity index (χ2n) is 6.90. The Morgan fingerprint density at radius 3 is 2.24 bits per heavy atom. The van der Waals surface area contributed by atoms with Crippen LogP contribution in [0.1, 0.15) is 38.3 Å². The van der Waals surface area contributed by atoms with Gasteiger partial charge < -0.3 is 5.11 Å². The van der Waals surface area contributed by atoms with Crippen LogP contribution in [0.5, 0.6) is 0 Å². The summed E-state index contributed by atoms with van der Waals surface area (Å²) in [7, 11) is -2.00. The Hall–Kier alpha value is -1.06. The molecule has 0 saturated heterocycles. The highest BCUT2D eigenvalue weighted by Crippen LogP contribution is 2.36. The predicted molar refractivity (Wildman–Crippen MR) is 86.5 cm³/mol. The van der Waals surface area contributed by atoms with E-state index in [1.54, 1.807) is 0 Å². The van der Waals surface area contributed by atoms with Crippen molar-refractivity contribution in [1.82, 2.24) is 4.72 Å². The molecule has 0 radical (unpaired) electrons. The van der Waals surface area contributed by atoms with E-state index in [9.17, 15) is 31.3 Å². The Kier molecular flexibility index (Phi) is 6.75. The van der Waals surface area contributed by atoms with E-state index in [1.165, 1.54) is 39.8 Å². The smallest absolute Gasteiger partial charge is 0.384 e. The van der Waals surface area contributed by atoms with E-state index in [0.717, 1.165) is 6.07 Å². The molecule has 0 unspecified atom stereocenters. The van der Waals surface area contributed by atoms with Gasteiger partial charge in [-0.2, -0.15) is 13.2 Å². The van der Waals surface area contributed by atoms with Crippen LogP contribution in [0.3, 0.4) is 0 Å². The molecule has 0 spiro atoms. The van der Waals surface area contributed by atoms with Gasteiger partial charge in [-0.1, -0.05) is 18.2 Å². The standard InChI is InChI=1S/C16H22F5NO2S/c1-10-6-5-7-11(13(10)18)15(9-17,8-12(23)16(19,20)21)22-25(24)14(2,3)4/h5-7,12,22-23H,8-9H2,1-4H3/t12-,15+,25+/m0/s1. The average molecular weight is 387 g/mol. The Balaban J connectivity index is 3.47. The predicted octanol–water partition coefficient (Wildman–Crippen LogP) is 3.66. The third-order valence-electron chi connectivity index (χ3n) is 3.70. The van der Waals surface area contributed by atoms with Crippen LogP contribution in [0.25, 0.3) is 0 Å². The van der Waals surface area contributed by atoms with Gasteiger partial charge in [0.15, 0.2) is 6.10 Å². The Morgan fingerprint density at radius 2 is 1.80 bits per heavy atom. The van der Waals surface area contributed by atoms with E-state index < -0.39 is 58.0 Å². The Labute approximate surface area is 146 Å². The first kappa shape index (κ1) is 22.0. The lowest BCUT2D eigenvalue weighted by molar-refractivity contribution is -0.210. The number of hydrogen-bond donors (Lipinski definition) is 2. The highest BCUT2D eigenvalue weighted by Gasteiger charge is 2.48. The van der Waals surface area contributed by atoms with E-state index in [2.05, 4.69) is 4.72 Å². The van der Waals surface area contributed by atoms with Gasteiger partial charge in [-0.25, -0.2) is 17.7 Å². The first-order valence-electron chi connectivity index (χ1n) is 7.50. The quantitative estimate of drug-likeness (QED) is 0.732. The first-order valence-corrected chi connectivity index (χ1v) is 8.65. The molecule has 1 aromatic carbocycles. The van der Waals surface area contributed by atoms with Crippen LogP contribution in [-0.4, -0.2) is 33.0 Å². The van der Waals surface area contributed by atoms with Gasteiger partial charge in [0.25, 0.3) is 0 Å². The number of rotatable bonds is 6. The molecule has 0 saturated carbocycles. The molecule has 0 aliphatic heterocycles. The molecule has 2 N–H and O–H groups in total. The molecule has 0 bridgehead atoms. The molecule has 144 valence electrons. The van der Waals surface area contributed by atoms with Crippen LogP contribution in [0.2, 0.25) is 0 Å². The molecular formula is C16H22F5NO2S. The Bertz CT molecular complexity index is 630. The summed E-state index contributed by atoms with van der Waals surface area (Å²) in [5.41, 5.74) is -2.60. The highest BCUT2D eigenvalue weighted by molar-refractivity contribution is 7.84. The largest absolute Gasteiger partial charge is 0.414 e. The van der Waals surface area contributed by atoms with Gasteiger partial charge in [-0.3, -0.25) is 0 Å². The summed E-state index contributed by atoms with van der Waals surface area (Å²) in [5, 5.41) is 9.44. The van der Waals surface area contributed by atoms with Crippen molar-refractivity contribution in [3.63, 3.8) is 0 Å².